The van der Waals surface area contributed by atoms with Gasteiger partial charge < -0.3 is 10.6 Å². The molecule has 2 N–H and O–H groups in total. The smallest absolute Gasteiger partial charge is 0.329 e. The van der Waals surface area contributed by atoms with Gasteiger partial charge in [0.1, 0.15) is 6.33 Å². The van der Waals surface area contributed by atoms with Gasteiger partial charge in [-0.25, -0.2) is 9.78 Å². The Morgan fingerprint density at radius 1 is 1.00 bits per heavy atom. The van der Waals surface area contributed by atoms with E-state index in [1.54, 1.807) is 29.2 Å². The summed E-state index contributed by atoms with van der Waals surface area (Å²) in [5.74, 6) is -0.441. The number of hydrogen-bond acceptors (Lipinski definition) is 3. The van der Waals surface area contributed by atoms with Gasteiger partial charge in [0, 0.05) is 30.4 Å². The summed E-state index contributed by atoms with van der Waals surface area (Å²) in [6, 6.07) is 15.4. The summed E-state index contributed by atoms with van der Waals surface area (Å²) in [6.07, 6.45) is 9.15. The van der Waals surface area contributed by atoms with Crippen molar-refractivity contribution in [1.82, 2.24) is 14.5 Å². The molecule has 2 amide bonds. The third-order valence-electron chi connectivity index (χ3n) is 5.89. The molecule has 154 valence electrons. The molecule has 0 aliphatic heterocycles. The topological polar surface area (TPSA) is 81.2 Å². The van der Waals surface area contributed by atoms with E-state index in [0.29, 0.717) is 11.6 Å². The summed E-state index contributed by atoms with van der Waals surface area (Å²) in [6.45, 7) is 0. The highest BCUT2D eigenvalue weighted by atomic mass is 16.2. The fraction of sp³-hybridized carbons (Fsp3) is 0.292. The standard InChI is InChI=1S/C24H26N4O2/c1-27(21-8-3-2-4-9-21)24(30)28-15-22(26-16-28)20-7-5-6-19(14-20)17-10-12-18(13-11-17)23(25)29/h5-7,10-16,21H,2-4,8-9H2,1H3,(H2,25,29). The summed E-state index contributed by atoms with van der Waals surface area (Å²) in [5, 5.41) is 0. The number of hydrogen-bond donors (Lipinski definition) is 1. The van der Waals surface area contributed by atoms with Crippen LogP contribution in [-0.2, 0) is 0 Å². The van der Waals surface area contributed by atoms with E-state index >= 15 is 0 Å². The van der Waals surface area contributed by atoms with E-state index in [0.717, 1.165) is 35.2 Å². The molecule has 30 heavy (non-hydrogen) atoms. The van der Waals surface area contributed by atoms with Crippen LogP contribution in [0.1, 0.15) is 42.5 Å². The summed E-state index contributed by atoms with van der Waals surface area (Å²) < 4.78 is 1.57. The molecule has 1 aromatic heterocycles. The zero-order chi connectivity index (χ0) is 21.1. The zero-order valence-electron chi connectivity index (χ0n) is 17.1. The van der Waals surface area contributed by atoms with Crippen LogP contribution in [0.4, 0.5) is 4.79 Å². The Morgan fingerprint density at radius 3 is 2.40 bits per heavy atom. The number of benzene rings is 2. The Labute approximate surface area is 176 Å². The van der Waals surface area contributed by atoms with Gasteiger partial charge in [0.05, 0.1) is 5.69 Å². The minimum Gasteiger partial charge on any atom is -0.366 e. The minimum atomic E-state index is -0.441. The quantitative estimate of drug-likeness (QED) is 0.695. The SMILES string of the molecule is CN(C(=O)n1cnc(-c2cccc(-c3ccc(C(N)=O)cc3)c2)c1)C1CCCCC1. The van der Waals surface area contributed by atoms with Gasteiger partial charge in [0.2, 0.25) is 5.91 Å². The average molecular weight is 402 g/mol. The molecule has 0 saturated heterocycles. The summed E-state index contributed by atoms with van der Waals surface area (Å²) >= 11 is 0. The van der Waals surface area contributed by atoms with Crippen molar-refractivity contribution in [3.05, 3.63) is 66.6 Å². The van der Waals surface area contributed by atoms with Gasteiger partial charge in [-0.05, 0) is 42.2 Å². The molecule has 0 bridgehead atoms. The van der Waals surface area contributed by atoms with E-state index < -0.39 is 5.91 Å². The highest BCUT2D eigenvalue weighted by Crippen LogP contribution is 2.26. The number of rotatable bonds is 4. The van der Waals surface area contributed by atoms with Gasteiger partial charge in [-0.2, -0.15) is 0 Å². The number of primary amides is 1. The molecule has 1 aliphatic rings. The lowest BCUT2D eigenvalue weighted by Gasteiger charge is -2.31. The van der Waals surface area contributed by atoms with Crippen molar-refractivity contribution in [2.75, 3.05) is 7.05 Å². The molecular weight excluding hydrogens is 376 g/mol. The van der Waals surface area contributed by atoms with Crippen LogP contribution in [-0.4, -0.2) is 39.5 Å². The Balaban J connectivity index is 1.54. The average Bonchev–Trinajstić information content (AvgIpc) is 3.29. The third-order valence-corrected chi connectivity index (χ3v) is 5.89. The van der Waals surface area contributed by atoms with Crippen molar-refractivity contribution in [1.29, 1.82) is 0 Å². The van der Waals surface area contributed by atoms with E-state index in [2.05, 4.69) is 4.98 Å². The molecule has 1 heterocycles. The van der Waals surface area contributed by atoms with Crippen LogP contribution in [0.2, 0.25) is 0 Å². The first-order chi connectivity index (χ1) is 14.5. The lowest BCUT2D eigenvalue weighted by molar-refractivity contribution is 0.1000. The number of nitrogens with two attached hydrogens (primary N) is 1. The first-order valence-electron chi connectivity index (χ1n) is 10.3. The minimum absolute atomic E-state index is 0.0427. The molecule has 1 saturated carbocycles. The van der Waals surface area contributed by atoms with Crippen molar-refractivity contribution >= 4 is 11.9 Å². The van der Waals surface area contributed by atoms with E-state index in [9.17, 15) is 9.59 Å². The van der Waals surface area contributed by atoms with Crippen molar-refractivity contribution < 1.29 is 9.59 Å². The second-order valence-corrected chi connectivity index (χ2v) is 7.87. The highest BCUT2D eigenvalue weighted by molar-refractivity contribution is 5.93. The van der Waals surface area contributed by atoms with E-state index in [4.69, 9.17) is 5.73 Å². The zero-order valence-corrected chi connectivity index (χ0v) is 17.1. The lowest BCUT2D eigenvalue weighted by atomic mass is 9.95. The van der Waals surface area contributed by atoms with Crippen molar-refractivity contribution in [2.45, 2.75) is 38.1 Å². The third kappa shape index (κ3) is 4.13. The van der Waals surface area contributed by atoms with Crippen LogP contribution in [0.15, 0.2) is 61.1 Å². The second kappa shape index (κ2) is 8.53. The van der Waals surface area contributed by atoms with E-state index in [1.807, 2.05) is 48.3 Å². The van der Waals surface area contributed by atoms with E-state index in [-0.39, 0.29) is 6.03 Å². The number of imidazole rings is 1. The largest absolute Gasteiger partial charge is 0.366 e. The van der Waals surface area contributed by atoms with Gasteiger partial charge in [-0.15, -0.1) is 0 Å². The van der Waals surface area contributed by atoms with Crippen molar-refractivity contribution in [3.63, 3.8) is 0 Å². The fourth-order valence-corrected chi connectivity index (χ4v) is 4.07. The lowest BCUT2D eigenvalue weighted by Crippen LogP contribution is -2.40. The maximum atomic E-state index is 12.9. The van der Waals surface area contributed by atoms with Crippen LogP contribution in [0, 0.1) is 0 Å². The number of nitrogens with zero attached hydrogens (tertiary/aromatic N) is 3. The first kappa shape index (κ1) is 19.9. The molecule has 6 heteroatoms. The molecule has 6 nitrogen and oxygen atoms in total. The van der Waals surface area contributed by atoms with Crippen molar-refractivity contribution in [3.8, 4) is 22.4 Å². The molecule has 0 atom stereocenters. The highest BCUT2D eigenvalue weighted by Gasteiger charge is 2.23. The molecule has 2 aromatic carbocycles. The maximum absolute atomic E-state index is 12.9. The van der Waals surface area contributed by atoms with E-state index in [1.165, 1.54) is 19.3 Å². The number of aromatic nitrogens is 2. The molecular formula is C24H26N4O2. The molecule has 4 rings (SSSR count). The van der Waals surface area contributed by atoms with Gasteiger partial charge in [0.15, 0.2) is 0 Å². The second-order valence-electron chi connectivity index (χ2n) is 7.87. The maximum Gasteiger partial charge on any atom is 0.329 e. The summed E-state index contributed by atoms with van der Waals surface area (Å²) in [5.41, 5.74) is 9.46. The Bertz CT molecular complexity index is 1050. The van der Waals surface area contributed by atoms with Gasteiger partial charge >= 0.3 is 6.03 Å². The van der Waals surface area contributed by atoms with Crippen LogP contribution in [0.25, 0.3) is 22.4 Å². The molecule has 0 spiro atoms. The van der Waals surface area contributed by atoms with Crippen molar-refractivity contribution in [2.24, 2.45) is 5.73 Å². The normalized spacial score (nSPS) is 14.4. The molecule has 0 unspecified atom stereocenters. The predicted octanol–water partition coefficient (Wildman–Crippen LogP) is 4.55. The monoisotopic (exact) mass is 402 g/mol. The first-order valence-corrected chi connectivity index (χ1v) is 10.3. The number of amides is 2. The van der Waals surface area contributed by atoms with Crippen LogP contribution in [0.3, 0.4) is 0 Å². The molecule has 1 fully saturated rings. The Kier molecular flexibility index (Phi) is 5.65. The molecule has 0 radical (unpaired) electrons. The Hall–Kier alpha value is -3.41. The predicted molar refractivity (Wildman–Crippen MR) is 117 cm³/mol. The number of carbonyl (C=O) groups excluding carboxylic acids is 2. The van der Waals surface area contributed by atoms with Gasteiger partial charge in [-0.1, -0.05) is 49.6 Å². The number of carbonyl (C=O) groups is 2. The summed E-state index contributed by atoms with van der Waals surface area (Å²) in [7, 11) is 1.88. The Morgan fingerprint density at radius 2 is 1.70 bits per heavy atom. The van der Waals surface area contributed by atoms with Crippen LogP contribution < -0.4 is 5.73 Å². The molecule has 3 aromatic rings. The van der Waals surface area contributed by atoms with Crippen LogP contribution in [0.5, 0.6) is 0 Å². The van der Waals surface area contributed by atoms with Gasteiger partial charge in [-0.3, -0.25) is 9.36 Å². The van der Waals surface area contributed by atoms with Gasteiger partial charge in [0.25, 0.3) is 0 Å². The summed E-state index contributed by atoms with van der Waals surface area (Å²) in [4.78, 5) is 30.5. The van der Waals surface area contributed by atoms with Crippen LogP contribution >= 0.6 is 0 Å². The molecule has 1 aliphatic carbocycles. The fourth-order valence-electron chi connectivity index (χ4n) is 4.07.